The quantitative estimate of drug-likeness (QED) is 0.494. The highest BCUT2D eigenvalue weighted by Gasteiger charge is 2.09. The number of hydrogen-bond acceptors (Lipinski definition) is 5. The van der Waals surface area contributed by atoms with Crippen molar-refractivity contribution in [2.24, 2.45) is 5.84 Å². The highest BCUT2D eigenvalue weighted by molar-refractivity contribution is 5.93. The molecule has 0 fully saturated rings. The van der Waals surface area contributed by atoms with E-state index in [-0.39, 0.29) is 5.91 Å². The van der Waals surface area contributed by atoms with Crippen molar-refractivity contribution in [2.45, 2.75) is 20.5 Å². The fraction of sp³-hybridized carbons (Fsp3) is 0.231. The van der Waals surface area contributed by atoms with Crippen LogP contribution in [0.15, 0.2) is 28.8 Å². The molecule has 0 saturated heterocycles. The maximum absolute atomic E-state index is 11.3. The highest BCUT2D eigenvalue weighted by atomic mass is 16.5. The number of carbonyl (C=O) groups is 1. The van der Waals surface area contributed by atoms with Gasteiger partial charge in [-0.1, -0.05) is 5.16 Å². The molecule has 0 aliphatic rings. The molecule has 2 rings (SSSR count). The topological polar surface area (TPSA) is 90.4 Å². The molecule has 0 aliphatic carbocycles. The minimum atomic E-state index is -0.336. The molecule has 6 nitrogen and oxygen atoms in total. The molecular formula is C13H15N3O3. The minimum Gasteiger partial charge on any atom is -0.489 e. The molecule has 1 amide bonds. The summed E-state index contributed by atoms with van der Waals surface area (Å²) < 4.78 is 10.7. The molecule has 6 heteroatoms. The van der Waals surface area contributed by atoms with E-state index in [2.05, 4.69) is 10.6 Å². The van der Waals surface area contributed by atoms with Gasteiger partial charge in [0.05, 0.1) is 11.3 Å². The summed E-state index contributed by atoms with van der Waals surface area (Å²) in [5, 5.41) is 3.86. The number of aryl methyl sites for hydroxylation is 2. The first-order valence-electron chi connectivity index (χ1n) is 5.77. The number of carbonyl (C=O) groups excluding carboxylic acids is 1. The van der Waals surface area contributed by atoms with E-state index < -0.39 is 0 Å². The van der Waals surface area contributed by atoms with Gasteiger partial charge in [-0.05, 0) is 38.1 Å². The Bertz CT molecular complexity index is 556. The van der Waals surface area contributed by atoms with E-state index in [4.69, 9.17) is 15.1 Å². The monoisotopic (exact) mass is 261 g/mol. The van der Waals surface area contributed by atoms with Crippen LogP contribution in [-0.2, 0) is 6.61 Å². The first-order chi connectivity index (χ1) is 9.11. The van der Waals surface area contributed by atoms with Crippen LogP contribution in [0.4, 0.5) is 0 Å². The summed E-state index contributed by atoms with van der Waals surface area (Å²) >= 11 is 0. The molecule has 19 heavy (non-hydrogen) atoms. The van der Waals surface area contributed by atoms with Crippen LogP contribution in [0, 0.1) is 13.8 Å². The maximum atomic E-state index is 11.3. The Morgan fingerprint density at radius 3 is 2.58 bits per heavy atom. The fourth-order valence-electron chi connectivity index (χ4n) is 1.65. The number of hydrazine groups is 1. The van der Waals surface area contributed by atoms with Crippen LogP contribution >= 0.6 is 0 Å². The lowest BCUT2D eigenvalue weighted by atomic mass is 10.2. The van der Waals surface area contributed by atoms with Crippen LogP contribution in [0.1, 0.15) is 27.4 Å². The summed E-state index contributed by atoms with van der Waals surface area (Å²) in [6.45, 7) is 4.08. The lowest BCUT2D eigenvalue weighted by Crippen LogP contribution is -2.29. The van der Waals surface area contributed by atoms with Crippen LogP contribution in [0.2, 0.25) is 0 Å². The van der Waals surface area contributed by atoms with Crippen LogP contribution < -0.4 is 16.0 Å². The first kappa shape index (κ1) is 13.1. The molecule has 0 bridgehead atoms. The van der Waals surface area contributed by atoms with Gasteiger partial charge in [-0.15, -0.1) is 0 Å². The van der Waals surface area contributed by atoms with Gasteiger partial charge >= 0.3 is 0 Å². The molecule has 1 heterocycles. The molecule has 0 radical (unpaired) electrons. The summed E-state index contributed by atoms with van der Waals surface area (Å²) in [4.78, 5) is 11.3. The minimum absolute atomic E-state index is 0.336. The zero-order valence-corrected chi connectivity index (χ0v) is 10.8. The second-order valence-electron chi connectivity index (χ2n) is 4.09. The van der Waals surface area contributed by atoms with E-state index in [1.807, 2.05) is 13.8 Å². The summed E-state index contributed by atoms with van der Waals surface area (Å²) in [7, 11) is 0. The van der Waals surface area contributed by atoms with Crippen molar-refractivity contribution in [2.75, 3.05) is 0 Å². The van der Waals surface area contributed by atoms with Crippen molar-refractivity contribution in [1.29, 1.82) is 0 Å². The van der Waals surface area contributed by atoms with E-state index in [0.29, 0.717) is 17.9 Å². The third-order valence-electron chi connectivity index (χ3n) is 2.81. The van der Waals surface area contributed by atoms with Gasteiger partial charge in [-0.3, -0.25) is 10.2 Å². The number of ether oxygens (including phenoxy) is 1. The van der Waals surface area contributed by atoms with Crippen LogP contribution in [0.5, 0.6) is 5.75 Å². The van der Waals surface area contributed by atoms with Gasteiger partial charge in [-0.25, -0.2) is 5.84 Å². The Kier molecular flexibility index (Phi) is 3.82. The number of hydrogen-bond donors (Lipinski definition) is 2. The third-order valence-corrected chi connectivity index (χ3v) is 2.81. The number of nitrogen functional groups attached to an aromatic ring is 1. The van der Waals surface area contributed by atoms with Crippen LogP contribution in [0.25, 0.3) is 0 Å². The van der Waals surface area contributed by atoms with Crippen LogP contribution in [-0.4, -0.2) is 11.1 Å². The molecule has 1 aromatic carbocycles. The van der Waals surface area contributed by atoms with Gasteiger partial charge in [-0.2, -0.15) is 0 Å². The summed E-state index contributed by atoms with van der Waals surface area (Å²) in [5.41, 5.74) is 4.30. The normalized spacial score (nSPS) is 10.3. The van der Waals surface area contributed by atoms with Crippen molar-refractivity contribution in [3.63, 3.8) is 0 Å². The fourth-order valence-corrected chi connectivity index (χ4v) is 1.65. The van der Waals surface area contributed by atoms with E-state index in [1.54, 1.807) is 24.3 Å². The molecular weight excluding hydrogens is 246 g/mol. The molecule has 100 valence electrons. The van der Waals surface area contributed by atoms with Gasteiger partial charge in [0.15, 0.2) is 0 Å². The second-order valence-corrected chi connectivity index (χ2v) is 4.09. The molecule has 3 N–H and O–H groups in total. The SMILES string of the molecule is Cc1noc(C)c1COc1ccc(C(=O)NN)cc1. The Morgan fingerprint density at radius 1 is 1.37 bits per heavy atom. The van der Waals surface area contributed by atoms with Gasteiger partial charge < -0.3 is 9.26 Å². The number of nitrogens with two attached hydrogens (primary N) is 1. The van der Waals surface area contributed by atoms with E-state index in [9.17, 15) is 4.79 Å². The number of rotatable bonds is 4. The number of aromatic nitrogens is 1. The van der Waals surface area contributed by atoms with Gasteiger partial charge in [0.1, 0.15) is 18.1 Å². The predicted octanol–water partition coefficient (Wildman–Crippen LogP) is 1.47. The molecule has 2 aromatic rings. The number of amides is 1. The number of nitrogens with zero attached hydrogens (tertiary/aromatic N) is 1. The van der Waals surface area contributed by atoms with Crippen molar-refractivity contribution < 1.29 is 14.1 Å². The highest BCUT2D eigenvalue weighted by Crippen LogP contribution is 2.17. The second kappa shape index (κ2) is 5.53. The average Bonchev–Trinajstić information content (AvgIpc) is 2.75. The largest absolute Gasteiger partial charge is 0.489 e. The van der Waals surface area contributed by atoms with Crippen molar-refractivity contribution in [1.82, 2.24) is 10.6 Å². The van der Waals surface area contributed by atoms with Gasteiger partial charge in [0, 0.05) is 5.56 Å². The lowest BCUT2D eigenvalue weighted by Gasteiger charge is -2.06. The Balaban J connectivity index is 2.03. The first-order valence-corrected chi connectivity index (χ1v) is 5.77. The number of nitrogens with one attached hydrogen (secondary N) is 1. The predicted molar refractivity (Wildman–Crippen MR) is 68.4 cm³/mol. The maximum Gasteiger partial charge on any atom is 0.265 e. The summed E-state index contributed by atoms with van der Waals surface area (Å²) in [6.07, 6.45) is 0. The Hall–Kier alpha value is -2.34. The summed E-state index contributed by atoms with van der Waals surface area (Å²) in [6, 6.07) is 6.71. The molecule has 0 atom stereocenters. The van der Waals surface area contributed by atoms with E-state index >= 15 is 0 Å². The third kappa shape index (κ3) is 2.92. The Morgan fingerprint density at radius 2 is 2.05 bits per heavy atom. The van der Waals surface area contributed by atoms with E-state index in [0.717, 1.165) is 17.0 Å². The molecule has 0 aliphatic heterocycles. The zero-order valence-electron chi connectivity index (χ0n) is 10.8. The average molecular weight is 261 g/mol. The van der Waals surface area contributed by atoms with Crippen molar-refractivity contribution >= 4 is 5.91 Å². The molecule has 1 aromatic heterocycles. The lowest BCUT2D eigenvalue weighted by molar-refractivity contribution is 0.0953. The standard InChI is InChI=1S/C13H15N3O3/c1-8-12(9(2)19-16-8)7-18-11-5-3-10(4-6-11)13(17)15-14/h3-6H,7,14H2,1-2H3,(H,15,17). The molecule has 0 spiro atoms. The van der Waals surface area contributed by atoms with Crippen molar-refractivity contribution in [3.05, 3.63) is 46.8 Å². The smallest absolute Gasteiger partial charge is 0.265 e. The Labute approximate surface area is 110 Å². The zero-order chi connectivity index (χ0) is 13.8. The van der Waals surface area contributed by atoms with Crippen molar-refractivity contribution in [3.8, 4) is 5.75 Å². The van der Waals surface area contributed by atoms with Gasteiger partial charge in [0.2, 0.25) is 0 Å². The summed E-state index contributed by atoms with van der Waals surface area (Å²) in [5.74, 6) is 6.12. The van der Waals surface area contributed by atoms with Crippen LogP contribution in [0.3, 0.4) is 0 Å². The van der Waals surface area contributed by atoms with E-state index in [1.165, 1.54) is 0 Å². The van der Waals surface area contributed by atoms with Gasteiger partial charge in [0.25, 0.3) is 5.91 Å². The molecule has 0 saturated carbocycles. The molecule has 0 unspecified atom stereocenters. The number of benzene rings is 1.